The van der Waals surface area contributed by atoms with Gasteiger partial charge in [0.25, 0.3) is 0 Å². The van der Waals surface area contributed by atoms with Crippen LogP contribution >= 0.6 is 0 Å². The molecule has 0 amide bonds. The van der Waals surface area contributed by atoms with E-state index in [2.05, 4.69) is 16.2 Å². The van der Waals surface area contributed by atoms with Crippen LogP contribution in [0.25, 0.3) is 0 Å². The van der Waals surface area contributed by atoms with Crippen LogP contribution in [0.1, 0.15) is 12.5 Å². The van der Waals surface area contributed by atoms with Gasteiger partial charge in [-0.25, -0.2) is 4.98 Å². The van der Waals surface area contributed by atoms with Crippen molar-refractivity contribution >= 4 is 11.5 Å². The maximum atomic E-state index is 5.79. The van der Waals surface area contributed by atoms with E-state index >= 15 is 0 Å². The summed E-state index contributed by atoms with van der Waals surface area (Å²) in [7, 11) is 0. The van der Waals surface area contributed by atoms with Crippen molar-refractivity contribution < 1.29 is 0 Å². The molecule has 3 nitrogen and oxygen atoms in total. The second-order valence-corrected chi connectivity index (χ2v) is 2.92. The van der Waals surface area contributed by atoms with Crippen LogP contribution < -0.4 is 11.1 Å². The first-order valence-corrected chi connectivity index (χ1v) is 4.09. The lowest BCUT2D eigenvalue weighted by molar-refractivity contribution is 1.01. The first-order chi connectivity index (χ1) is 6.15. The molecular formula is C10H13N3. The number of aromatic nitrogens is 1. The molecule has 0 aromatic carbocycles. The van der Waals surface area contributed by atoms with Crippen LogP contribution in [0.3, 0.4) is 0 Å². The number of nitrogens with one attached hydrogen (secondary N) is 1. The smallest absolute Gasteiger partial charge is 0.150 e. The van der Waals surface area contributed by atoms with Crippen LogP contribution in [-0.4, -0.2) is 11.0 Å². The number of anilines is 2. The molecule has 1 heterocycles. The van der Waals surface area contributed by atoms with Gasteiger partial charge in [-0.2, -0.15) is 0 Å². The Morgan fingerprint density at radius 3 is 3.00 bits per heavy atom. The lowest BCUT2D eigenvalue weighted by atomic mass is 10.2. The van der Waals surface area contributed by atoms with Crippen LogP contribution in [0.2, 0.25) is 0 Å². The summed E-state index contributed by atoms with van der Waals surface area (Å²) in [4.78, 5) is 4.10. The first kappa shape index (κ1) is 9.40. The van der Waals surface area contributed by atoms with Crippen molar-refractivity contribution in [3.63, 3.8) is 0 Å². The van der Waals surface area contributed by atoms with Crippen LogP contribution in [-0.2, 0) is 0 Å². The summed E-state index contributed by atoms with van der Waals surface area (Å²) in [5.41, 5.74) is 7.45. The maximum absolute atomic E-state index is 5.79. The Hall–Kier alpha value is -1.69. The number of nitrogen functional groups attached to an aromatic ring is 1. The van der Waals surface area contributed by atoms with Gasteiger partial charge in [0.1, 0.15) is 5.82 Å². The highest BCUT2D eigenvalue weighted by atomic mass is 15.0. The number of nitrogens with two attached hydrogens (primary N) is 1. The summed E-state index contributed by atoms with van der Waals surface area (Å²) in [6, 6.07) is 1.80. The molecule has 0 saturated heterocycles. The molecule has 0 bridgehead atoms. The number of hydrogen-bond acceptors (Lipinski definition) is 3. The third-order valence-electron chi connectivity index (χ3n) is 1.81. The van der Waals surface area contributed by atoms with E-state index < -0.39 is 0 Å². The molecule has 1 aromatic heterocycles. The summed E-state index contributed by atoms with van der Waals surface area (Å²) >= 11 is 0. The van der Waals surface area contributed by atoms with Crippen molar-refractivity contribution in [2.45, 2.75) is 19.9 Å². The van der Waals surface area contributed by atoms with E-state index in [0.29, 0.717) is 11.5 Å². The van der Waals surface area contributed by atoms with E-state index in [1.807, 2.05) is 19.9 Å². The highest BCUT2D eigenvalue weighted by molar-refractivity contribution is 5.65. The molecule has 0 aliphatic rings. The molecule has 0 radical (unpaired) electrons. The standard InChI is InChI=1S/C10H13N3/c1-4-8(3)13-10-9(11)7(2)5-6-12-10/h1,5-6,8H,11H2,2-3H3,(H,12,13). The number of terminal acetylenes is 1. The lowest BCUT2D eigenvalue weighted by Gasteiger charge is -2.11. The van der Waals surface area contributed by atoms with Crippen LogP contribution in [0.15, 0.2) is 12.3 Å². The molecule has 0 spiro atoms. The predicted octanol–water partition coefficient (Wildman–Crippen LogP) is 1.41. The number of pyridine rings is 1. The third-order valence-corrected chi connectivity index (χ3v) is 1.81. The molecule has 13 heavy (non-hydrogen) atoms. The van der Waals surface area contributed by atoms with Gasteiger partial charge in [0, 0.05) is 6.20 Å². The molecule has 3 heteroatoms. The van der Waals surface area contributed by atoms with E-state index in [1.165, 1.54) is 0 Å². The largest absolute Gasteiger partial charge is 0.396 e. The molecule has 0 saturated carbocycles. The Labute approximate surface area is 78.4 Å². The van der Waals surface area contributed by atoms with Gasteiger partial charge in [0.15, 0.2) is 0 Å². The Balaban J connectivity index is 2.90. The van der Waals surface area contributed by atoms with E-state index in [-0.39, 0.29) is 6.04 Å². The fourth-order valence-electron chi connectivity index (χ4n) is 0.931. The van der Waals surface area contributed by atoms with E-state index in [0.717, 1.165) is 5.56 Å². The van der Waals surface area contributed by atoms with Crippen molar-refractivity contribution in [2.75, 3.05) is 11.1 Å². The number of rotatable bonds is 2. The fourth-order valence-corrected chi connectivity index (χ4v) is 0.931. The molecule has 1 aromatic rings. The zero-order valence-corrected chi connectivity index (χ0v) is 7.83. The van der Waals surface area contributed by atoms with Crippen molar-refractivity contribution in [1.29, 1.82) is 0 Å². The highest BCUT2D eigenvalue weighted by Crippen LogP contribution is 2.18. The van der Waals surface area contributed by atoms with Crippen LogP contribution in [0.5, 0.6) is 0 Å². The van der Waals surface area contributed by atoms with Gasteiger partial charge in [-0.3, -0.25) is 0 Å². The summed E-state index contributed by atoms with van der Waals surface area (Å²) < 4.78 is 0. The Bertz CT molecular complexity index is 339. The molecular weight excluding hydrogens is 162 g/mol. The second kappa shape index (κ2) is 3.81. The number of hydrogen-bond donors (Lipinski definition) is 2. The van der Waals surface area contributed by atoms with Gasteiger partial charge in [0.2, 0.25) is 0 Å². The minimum absolute atomic E-state index is 0.0587. The first-order valence-electron chi connectivity index (χ1n) is 4.09. The summed E-state index contributed by atoms with van der Waals surface area (Å²) in [6.07, 6.45) is 6.93. The molecule has 0 fully saturated rings. The fraction of sp³-hybridized carbons (Fsp3) is 0.300. The summed E-state index contributed by atoms with van der Waals surface area (Å²) in [6.45, 7) is 3.81. The average molecular weight is 175 g/mol. The molecule has 3 N–H and O–H groups in total. The molecule has 0 aliphatic carbocycles. The van der Waals surface area contributed by atoms with Crippen molar-refractivity contribution in [3.8, 4) is 12.3 Å². The van der Waals surface area contributed by atoms with Crippen molar-refractivity contribution in [2.24, 2.45) is 0 Å². The zero-order valence-electron chi connectivity index (χ0n) is 7.83. The normalized spacial score (nSPS) is 11.8. The molecule has 0 aliphatic heterocycles. The molecule has 68 valence electrons. The molecule has 1 atom stereocenters. The summed E-state index contributed by atoms with van der Waals surface area (Å²) in [5, 5.41) is 3.03. The minimum atomic E-state index is -0.0587. The lowest BCUT2D eigenvalue weighted by Crippen LogP contribution is -2.15. The minimum Gasteiger partial charge on any atom is -0.396 e. The van der Waals surface area contributed by atoms with Gasteiger partial charge in [-0.15, -0.1) is 6.42 Å². The number of nitrogens with zero attached hydrogens (tertiary/aromatic N) is 1. The van der Waals surface area contributed by atoms with Crippen molar-refractivity contribution in [3.05, 3.63) is 17.8 Å². The van der Waals surface area contributed by atoms with Crippen LogP contribution in [0.4, 0.5) is 11.5 Å². The van der Waals surface area contributed by atoms with Gasteiger partial charge < -0.3 is 11.1 Å². The zero-order chi connectivity index (χ0) is 9.84. The van der Waals surface area contributed by atoms with E-state index in [1.54, 1.807) is 6.20 Å². The number of aryl methyl sites for hydroxylation is 1. The Kier molecular flexibility index (Phi) is 2.76. The maximum Gasteiger partial charge on any atom is 0.150 e. The topological polar surface area (TPSA) is 50.9 Å². The van der Waals surface area contributed by atoms with Gasteiger partial charge in [0.05, 0.1) is 11.7 Å². The van der Waals surface area contributed by atoms with E-state index in [4.69, 9.17) is 12.2 Å². The van der Waals surface area contributed by atoms with Gasteiger partial charge in [-0.05, 0) is 25.5 Å². The Morgan fingerprint density at radius 2 is 2.38 bits per heavy atom. The van der Waals surface area contributed by atoms with Gasteiger partial charge >= 0.3 is 0 Å². The monoisotopic (exact) mass is 175 g/mol. The van der Waals surface area contributed by atoms with E-state index in [9.17, 15) is 0 Å². The van der Waals surface area contributed by atoms with Crippen LogP contribution in [0, 0.1) is 19.3 Å². The average Bonchev–Trinajstić information content (AvgIpc) is 2.13. The highest BCUT2D eigenvalue weighted by Gasteiger charge is 2.04. The van der Waals surface area contributed by atoms with Gasteiger partial charge in [-0.1, -0.05) is 5.92 Å². The SMILES string of the molecule is C#CC(C)Nc1nccc(C)c1N. The predicted molar refractivity (Wildman–Crippen MR) is 55.3 cm³/mol. The second-order valence-electron chi connectivity index (χ2n) is 2.92. The Morgan fingerprint density at radius 1 is 1.69 bits per heavy atom. The quantitative estimate of drug-likeness (QED) is 0.668. The molecule has 1 rings (SSSR count). The van der Waals surface area contributed by atoms with Crippen molar-refractivity contribution in [1.82, 2.24) is 4.98 Å². The summed E-state index contributed by atoms with van der Waals surface area (Å²) in [5.74, 6) is 3.21. The third kappa shape index (κ3) is 2.12. The molecule has 1 unspecified atom stereocenters.